The minimum absolute atomic E-state index is 0.0646. The Labute approximate surface area is 122 Å². The molecule has 0 radical (unpaired) electrons. The second-order valence-electron chi connectivity index (χ2n) is 6.06. The first-order valence-corrected chi connectivity index (χ1v) is 8.18. The number of anilines is 1. The van der Waals surface area contributed by atoms with Crippen molar-refractivity contribution in [3.05, 3.63) is 23.3 Å². The van der Waals surface area contributed by atoms with Gasteiger partial charge in [0.25, 0.3) is 0 Å². The fourth-order valence-corrected chi connectivity index (χ4v) is 2.43. The molecule has 5 nitrogen and oxygen atoms in total. The van der Waals surface area contributed by atoms with Gasteiger partial charge in [-0.25, -0.2) is 13.6 Å². The Bertz CT molecular complexity index is 575. The highest BCUT2D eigenvalue weighted by Crippen LogP contribution is 2.23. The van der Waals surface area contributed by atoms with Gasteiger partial charge in [-0.3, -0.25) is 0 Å². The van der Waals surface area contributed by atoms with Crippen LogP contribution in [-0.2, 0) is 10.0 Å². The van der Waals surface area contributed by atoms with Crippen LogP contribution in [-0.4, -0.2) is 27.0 Å². The average molecular weight is 299 g/mol. The number of benzene rings is 1. The van der Waals surface area contributed by atoms with Crippen molar-refractivity contribution < 1.29 is 8.42 Å². The molecule has 0 aliphatic heterocycles. The number of nitrogens with two attached hydrogens (primary N) is 1. The van der Waals surface area contributed by atoms with Gasteiger partial charge in [-0.1, -0.05) is 0 Å². The third kappa shape index (κ3) is 5.11. The van der Waals surface area contributed by atoms with Crippen LogP contribution in [0.5, 0.6) is 0 Å². The first kappa shape index (κ1) is 16.9. The maximum atomic E-state index is 11.4. The van der Waals surface area contributed by atoms with Crippen molar-refractivity contribution in [2.24, 2.45) is 5.14 Å². The first-order chi connectivity index (χ1) is 9.00. The van der Waals surface area contributed by atoms with Crippen LogP contribution in [0.1, 0.15) is 31.9 Å². The van der Waals surface area contributed by atoms with Gasteiger partial charge in [0.1, 0.15) is 0 Å². The quantitative estimate of drug-likeness (QED) is 0.723. The molecule has 1 rings (SSSR count). The first-order valence-electron chi connectivity index (χ1n) is 6.63. The summed E-state index contributed by atoms with van der Waals surface area (Å²) in [6.45, 7) is 11.6. The molecule has 0 aromatic heterocycles. The molecular formula is C14H25N3O2S. The Morgan fingerprint density at radius 2 is 1.75 bits per heavy atom. The predicted octanol–water partition coefficient (Wildman–Crippen LogP) is 1.75. The second kappa shape index (κ2) is 6.11. The monoisotopic (exact) mass is 299 g/mol. The lowest BCUT2D eigenvalue weighted by Crippen LogP contribution is -2.38. The number of aryl methyl sites for hydroxylation is 1. The molecule has 6 heteroatoms. The van der Waals surface area contributed by atoms with E-state index in [9.17, 15) is 8.42 Å². The number of primary sulfonamides is 1. The highest BCUT2D eigenvalue weighted by atomic mass is 32.2. The van der Waals surface area contributed by atoms with Gasteiger partial charge >= 0.3 is 0 Å². The van der Waals surface area contributed by atoms with Gasteiger partial charge in [0, 0.05) is 24.3 Å². The summed E-state index contributed by atoms with van der Waals surface area (Å²) in [5.74, 6) is 0. The minimum Gasteiger partial charge on any atom is -0.384 e. The van der Waals surface area contributed by atoms with Gasteiger partial charge in [-0.2, -0.15) is 0 Å². The van der Waals surface area contributed by atoms with Gasteiger partial charge < -0.3 is 10.6 Å². The van der Waals surface area contributed by atoms with E-state index >= 15 is 0 Å². The zero-order valence-corrected chi connectivity index (χ0v) is 13.7. The summed E-state index contributed by atoms with van der Waals surface area (Å²) in [6.07, 6.45) is 0. The van der Waals surface area contributed by atoms with Crippen molar-refractivity contribution >= 4 is 15.7 Å². The van der Waals surface area contributed by atoms with Crippen LogP contribution >= 0.6 is 0 Å². The van der Waals surface area contributed by atoms with Gasteiger partial charge in [0.15, 0.2) is 0 Å². The molecule has 0 spiro atoms. The molecule has 114 valence electrons. The summed E-state index contributed by atoms with van der Waals surface area (Å²) < 4.78 is 22.9. The normalized spacial score (nSPS) is 12.5. The minimum atomic E-state index is -3.67. The lowest BCUT2D eigenvalue weighted by Gasteiger charge is -2.21. The molecular weight excluding hydrogens is 274 g/mol. The van der Waals surface area contributed by atoms with E-state index in [1.165, 1.54) is 0 Å². The molecule has 0 saturated heterocycles. The highest BCUT2D eigenvalue weighted by molar-refractivity contribution is 7.89. The molecule has 20 heavy (non-hydrogen) atoms. The van der Waals surface area contributed by atoms with E-state index in [-0.39, 0.29) is 10.4 Å². The summed E-state index contributed by atoms with van der Waals surface area (Å²) in [5.41, 5.74) is 2.82. The van der Waals surface area contributed by atoms with Crippen molar-refractivity contribution in [3.8, 4) is 0 Å². The SMILES string of the molecule is Cc1cc(S(N)(=O)=O)cc(NCCNC(C)(C)C)c1C. The van der Waals surface area contributed by atoms with E-state index in [1.807, 2.05) is 13.8 Å². The van der Waals surface area contributed by atoms with E-state index in [0.29, 0.717) is 6.54 Å². The summed E-state index contributed by atoms with van der Waals surface area (Å²) in [4.78, 5) is 0.145. The largest absolute Gasteiger partial charge is 0.384 e. The van der Waals surface area contributed by atoms with Gasteiger partial charge in [-0.15, -0.1) is 0 Å². The molecule has 1 aromatic rings. The molecule has 0 amide bonds. The van der Waals surface area contributed by atoms with Crippen LogP contribution in [0.15, 0.2) is 17.0 Å². The van der Waals surface area contributed by atoms with Gasteiger partial charge in [0.2, 0.25) is 10.0 Å². The number of nitrogens with one attached hydrogen (secondary N) is 2. The lowest BCUT2D eigenvalue weighted by atomic mass is 10.1. The molecule has 0 bridgehead atoms. The fraction of sp³-hybridized carbons (Fsp3) is 0.571. The van der Waals surface area contributed by atoms with E-state index in [2.05, 4.69) is 31.4 Å². The number of hydrogen-bond donors (Lipinski definition) is 3. The van der Waals surface area contributed by atoms with Crippen molar-refractivity contribution in [3.63, 3.8) is 0 Å². The molecule has 0 unspecified atom stereocenters. The van der Waals surface area contributed by atoms with E-state index < -0.39 is 10.0 Å². The molecule has 0 aliphatic carbocycles. The fourth-order valence-electron chi connectivity index (χ4n) is 1.81. The standard InChI is InChI=1S/C14H25N3O2S/c1-10-8-12(20(15,18)19)9-13(11(10)2)16-6-7-17-14(3,4)5/h8-9,16-17H,6-7H2,1-5H3,(H2,15,18,19). The van der Waals surface area contributed by atoms with E-state index in [0.717, 1.165) is 23.4 Å². The maximum absolute atomic E-state index is 11.4. The zero-order chi connectivity index (χ0) is 15.6. The molecule has 4 N–H and O–H groups in total. The highest BCUT2D eigenvalue weighted by Gasteiger charge is 2.13. The Hall–Kier alpha value is -1.11. The molecule has 0 saturated carbocycles. The molecule has 1 aromatic carbocycles. The Morgan fingerprint density at radius 3 is 2.25 bits per heavy atom. The van der Waals surface area contributed by atoms with Crippen LogP contribution < -0.4 is 15.8 Å². The van der Waals surface area contributed by atoms with E-state index in [4.69, 9.17) is 5.14 Å². The second-order valence-corrected chi connectivity index (χ2v) is 7.62. The molecule has 0 fully saturated rings. The summed E-state index contributed by atoms with van der Waals surface area (Å²) >= 11 is 0. The van der Waals surface area contributed by atoms with E-state index in [1.54, 1.807) is 12.1 Å². The van der Waals surface area contributed by atoms with Crippen molar-refractivity contribution in [1.29, 1.82) is 0 Å². The summed E-state index contributed by atoms with van der Waals surface area (Å²) in [7, 11) is -3.67. The van der Waals surface area contributed by atoms with Crippen molar-refractivity contribution in [2.45, 2.75) is 45.1 Å². The zero-order valence-electron chi connectivity index (χ0n) is 12.9. The maximum Gasteiger partial charge on any atom is 0.238 e. The van der Waals surface area contributed by atoms with Crippen LogP contribution in [0.4, 0.5) is 5.69 Å². The van der Waals surface area contributed by atoms with Crippen LogP contribution in [0.3, 0.4) is 0 Å². The van der Waals surface area contributed by atoms with Crippen LogP contribution in [0, 0.1) is 13.8 Å². The third-order valence-corrected chi connectivity index (χ3v) is 3.96. The Kier molecular flexibility index (Phi) is 5.18. The Morgan fingerprint density at radius 1 is 1.15 bits per heavy atom. The molecule has 0 atom stereocenters. The predicted molar refractivity (Wildman–Crippen MR) is 83.5 cm³/mol. The lowest BCUT2D eigenvalue weighted by molar-refractivity contribution is 0.435. The average Bonchev–Trinajstić information content (AvgIpc) is 2.26. The smallest absolute Gasteiger partial charge is 0.238 e. The number of hydrogen-bond acceptors (Lipinski definition) is 4. The molecule has 0 aliphatic rings. The molecule has 0 heterocycles. The third-order valence-electron chi connectivity index (χ3n) is 3.07. The van der Waals surface area contributed by atoms with Crippen molar-refractivity contribution in [1.82, 2.24) is 5.32 Å². The Balaban J connectivity index is 2.82. The van der Waals surface area contributed by atoms with Crippen LogP contribution in [0.25, 0.3) is 0 Å². The summed E-state index contributed by atoms with van der Waals surface area (Å²) in [6, 6.07) is 3.19. The number of rotatable bonds is 5. The van der Waals surface area contributed by atoms with Gasteiger partial charge in [-0.05, 0) is 57.9 Å². The topological polar surface area (TPSA) is 84.2 Å². The van der Waals surface area contributed by atoms with Crippen molar-refractivity contribution in [2.75, 3.05) is 18.4 Å². The summed E-state index contributed by atoms with van der Waals surface area (Å²) in [5, 5.41) is 11.8. The number of sulfonamides is 1. The van der Waals surface area contributed by atoms with Gasteiger partial charge in [0.05, 0.1) is 4.90 Å². The van der Waals surface area contributed by atoms with Crippen LogP contribution in [0.2, 0.25) is 0 Å².